The number of nitrogens with zero attached hydrogens (tertiary/aromatic N) is 2. The first-order valence-corrected chi connectivity index (χ1v) is 20.3. The first-order chi connectivity index (χ1) is 22.9. The van der Waals surface area contributed by atoms with Crippen LogP contribution >= 0.6 is 0 Å². The van der Waals surface area contributed by atoms with E-state index in [-0.39, 0.29) is 5.56 Å². The van der Waals surface area contributed by atoms with Crippen LogP contribution < -0.4 is 5.32 Å². The van der Waals surface area contributed by atoms with Gasteiger partial charge in [-0.15, -0.1) is 10.2 Å². The van der Waals surface area contributed by atoms with E-state index in [4.69, 9.17) is 4.55 Å². The number of hydrogen-bond acceptors (Lipinski definition) is 15. The van der Waals surface area contributed by atoms with Crippen molar-refractivity contribution < 1.29 is 74.4 Å². The van der Waals surface area contributed by atoms with Gasteiger partial charge in [-0.1, -0.05) is 18.2 Å². The second-order valence-corrected chi connectivity index (χ2v) is 17.2. The van der Waals surface area contributed by atoms with E-state index in [0.29, 0.717) is 36.4 Å². The number of amides is 1. The maximum absolute atomic E-state index is 12.9. The number of hydrogen-bond donors (Lipinski definition) is 6. The van der Waals surface area contributed by atoms with E-state index >= 15 is 0 Å². The lowest BCUT2D eigenvalue weighted by Crippen LogP contribution is -2.16. The third-order valence-electron chi connectivity index (χ3n) is 6.39. The Morgan fingerprint density at radius 2 is 1.32 bits per heavy atom. The third-order valence-corrected chi connectivity index (χ3v) is 11.1. The summed E-state index contributed by atoms with van der Waals surface area (Å²) in [5, 5.41) is 19.5. The summed E-state index contributed by atoms with van der Waals surface area (Å²) >= 11 is 0. The van der Waals surface area contributed by atoms with Crippen molar-refractivity contribution in [3.05, 3.63) is 72.3 Å². The summed E-state index contributed by atoms with van der Waals surface area (Å²) in [5.74, 6) is -3.18. The summed E-state index contributed by atoms with van der Waals surface area (Å²) in [6.07, 6.45) is 0. The van der Waals surface area contributed by atoms with Crippen LogP contribution in [0.2, 0.25) is 0 Å². The number of aromatic hydroxyl groups is 1. The number of carbonyl (C=O) groups is 1. The van der Waals surface area contributed by atoms with Gasteiger partial charge in [0.1, 0.15) is 21.2 Å². The molecule has 0 fully saturated rings. The molecule has 0 aliphatic rings. The fourth-order valence-corrected chi connectivity index (χ4v) is 7.67. The SMILES string of the molecule is O=C(Nc1cc(S(=O)(=O)O)cc2cc(S(=O)(=O)O)c(N=Nc3ccc(S(=O)(=O)CCOS(=O)(=O)O)cc3S(=O)(=O)O)c(O)c12)c1ccccc1. The van der Waals surface area contributed by atoms with Crippen molar-refractivity contribution in [3.63, 3.8) is 0 Å². The normalized spacial score (nSPS) is 13.1. The Hall–Kier alpha value is -4.44. The molecule has 0 saturated carbocycles. The maximum Gasteiger partial charge on any atom is 0.397 e. The average Bonchev–Trinajstić information content (AvgIpc) is 2.98. The molecule has 25 heteroatoms. The summed E-state index contributed by atoms with van der Waals surface area (Å²) < 4.78 is 162. The van der Waals surface area contributed by atoms with Crippen molar-refractivity contribution in [2.24, 2.45) is 10.2 Å². The molecule has 0 unspecified atom stereocenters. The van der Waals surface area contributed by atoms with Crippen molar-refractivity contribution in [3.8, 4) is 5.75 Å². The largest absolute Gasteiger partial charge is 0.505 e. The summed E-state index contributed by atoms with van der Waals surface area (Å²) in [6, 6.07) is 10.9. The molecule has 4 aromatic carbocycles. The number of phenolic OH excluding ortho intramolecular Hbond substituents is 1. The number of fused-ring (bicyclic) bond motifs is 1. The van der Waals surface area contributed by atoms with Crippen LogP contribution in [0.15, 0.2) is 96.5 Å². The molecule has 50 heavy (non-hydrogen) atoms. The standard InChI is InChI=1S/C25H21N3O17S5/c29-24-22-15(10-17(47(33,34)35)12-19(22)26-25(30)14-4-2-1-3-5-14)11-21(49(39,40)41)23(24)28-27-18-7-6-16(13-20(18)48(36,37)38)46(31,32)9-8-45-50(42,43)44/h1-7,10-13,29H,8-9H2,(H,26,30)(H,33,34,35)(H,36,37,38)(H,39,40,41)(H,42,43,44). The Bertz CT molecular complexity index is 2630. The maximum atomic E-state index is 12.9. The zero-order chi connectivity index (χ0) is 37.4. The van der Waals surface area contributed by atoms with Crippen molar-refractivity contribution in [2.45, 2.75) is 19.6 Å². The highest BCUT2D eigenvalue weighted by molar-refractivity contribution is 7.91. The van der Waals surface area contributed by atoms with E-state index in [2.05, 4.69) is 19.7 Å². The van der Waals surface area contributed by atoms with Crippen LogP contribution in [0.3, 0.4) is 0 Å². The van der Waals surface area contributed by atoms with Gasteiger partial charge >= 0.3 is 10.4 Å². The first-order valence-electron chi connectivity index (χ1n) is 12.9. The second-order valence-electron chi connectivity index (χ2n) is 9.78. The van der Waals surface area contributed by atoms with Crippen molar-refractivity contribution >= 4 is 84.3 Å². The molecular formula is C25H21N3O17S5. The molecule has 0 atom stereocenters. The minimum atomic E-state index is -5.40. The summed E-state index contributed by atoms with van der Waals surface area (Å²) in [7, 11) is -25.4. The summed E-state index contributed by atoms with van der Waals surface area (Å²) in [5.41, 5.74) is -2.51. The molecule has 0 aliphatic heterocycles. The molecule has 0 heterocycles. The summed E-state index contributed by atoms with van der Waals surface area (Å²) in [4.78, 5) is 8.71. The quantitative estimate of drug-likeness (QED) is 0.0886. The number of benzene rings is 4. The van der Waals surface area contributed by atoms with Crippen LogP contribution in [0.5, 0.6) is 5.75 Å². The number of rotatable bonds is 12. The van der Waals surface area contributed by atoms with Crippen LogP contribution in [0.4, 0.5) is 17.1 Å². The van der Waals surface area contributed by atoms with Gasteiger partial charge in [0.25, 0.3) is 36.3 Å². The molecule has 0 bridgehead atoms. The molecule has 0 radical (unpaired) electrons. The fraction of sp³-hybridized carbons (Fsp3) is 0.0800. The van der Waals surface area contributed by atoms with Crippen molar-refractivity contribution in [1.29, 1.82) is 0 Å². The van der Waals surface area contributed by atoms with Crippen LogP contribution in [-0.4, -0.2) is 83.7 Å². The van der Waals surface area contributed by atoms with Gasteiger partial charge in [0.15, 0.2) is 15.6 Å². The lowest BCUT2D eigenvalue weighted by atomic mass is 10.1. The molecule has 1 amide bonds. The van der Waals surface area contributed by atoms with Gasteiger partial charge in [-0.05, 0) is 53.9 Å². The average molecular weight is 796 g/mol. The van der Waals surface area contributed by atoms with Gasteiger partial charge in [0.05, 0.1) is 27.8 Å². The summed E-state index contributed by atoms with van der Waals surface area (Å²) in [6.45, 7) is -1.09. The second kappa shape index (κ2) is 13.7. The van der Waals surface area contributed by atoms with Gasteiger partial charge in [-0.3, -0.25) is 23.0 Å². The van der Waals surface area contributed by atoms with E-state index in [1.54, 1.807) is 6.07 Å². The smallest absolute Gasteiger partial charge is 0.397 e. The minimum absolute atomic E-state index is 0.0287. The third kappa shape index (κ3) is 9.01. The van der Waals surface area contributed by atoms with E-state index < -0.39 is 122 Å². The van der Waals surface area contributed by atoms with E-state index in [1.807, 2.05) is 0 Å². The monoisotopic (exact) mass is 795 g/mol. The molecule has 4 aromatic rings. The number of phenols is 1. The molecule has 0 spiro atoms. The number of azo groups is 1. The predicted octanol–water partition coefficient (Wildman–Crippen LogP) is 2.55. The Balaban J connectivity index is 1.93. The van der Waals surface area contributed by atoms with Crippen molar-refractivity contribution in [1.82, 2.24) is 0 Å². The molecule has 0 aliphatic carbocycles. The van der Waals surface area contributed by atoms with E-state index in [9.17, 15) is 65.6 Å². The lowest BCUT2D eigenvalue weighted by molar-refractivity contribution is 0.102. The van der Waals surface area contributed by atoms with Gasteiger partial charge < -0.3 is 10.4 Å². The number of sulfone groups is 1. The topological polar surface area (TPSA) is 335 Å². The molecule has 6 N–H and O–H groups in total. The van der Waals surface area contributed by atoms with Gasteiger partial charge in [-0.25, -0.2) is 12.6 Å². The Morgan fingerprint density at radius 1 is 0.700 bits per heavy atom. The zero-order valence-corrected chi connectivity index (χ0v) is 28.4. The van der Waals surface area contributed by atoms with Crippen LogP contribution in [0.25, 0.3) is 10.8 Å². The number of carbonyl (C=O) groups excluding carboxylic acids is 1. The molecule has 0 aromatic heterocycles. The highest BCUT2D eigenvalue weighted by atomic mass is 32.3. The van der Waals surface area contributed by atoms with Crippen LogP contribution in [-0.2, 0) is 54.8 Å². The molecule has 20 nitrogen and oxygen atoms in total. The highest BCUT2D eigenvalue weighted by Gasteiger charge is 2.27. The molecule has 268 valence electrons. The highest BCUT2D eigenvalue weighted by Crippen LogP contribution is 2.45. The first kappa shape index (κ1) is 38.4. The van der Waals surface area contributed by atoms with E-state index in [1.165, 1.54) is 24.3 Å². The predicted molar refractivity (Wildman–Crippen MR) is 170 cm³/mol. The lowest BCUT2D eigenvalue weighted by Gasteiger charge is -2.15. The molecule has 4 rings (SSSR count). The number of nitrogens with one attached hydrogen (secondary N) is 1. The molecular weight excluding hydrogens is 775 g/mol. The van der Waals surface area contributed by atoms with Gasteiger partial charge in [-0.2, -0.15) is 33.7 Å². The Kier molecular flexibility index (Phi) is 10.5. The van der Waals surface area contributed by atoms with Gasteiger partial charge in [0.2, 0.25) is 0 Å². The Morgan fingerprint density at radius 3 is 1.88 bits per heavy atom. The van der Waals surface area contributed by atoms with Crippen LogP contribution in [0, 0.1) is 0 Å². The Labute approximate surface area is 283 Å². The van der Waals surface area contributed by atoms with Crippen LogP contribution in [0.1, 0.15) is 10.4 Å². The zero-order valence-electron chi connectivity index (χ0n) is 24.3. The fourth-order valence-electron chi connectivity index (χ4n) is 4.23. The number of anilines is 1. The van der Waals surface area contributed by atoms with E-state index in [0.717, 1.165) is 0 Å². The molecule has 0 saturated heterocycles. The minimum Gasteiger partial charge on any atom is -0.505 e. The van der Waals surface area contributed by atoms with Crippen molar-refractivity contribution in [2.75, 3.05) is 17.7 Å². The van der Waals surface area contributed by atoms with Gasteiger partial charge in [0, 0.05) is 10.9 Å².